The topological polar surface area (TPSA) is 73.8 Å². The Hall–Kier alpha value is -2.47. The van der Waals surface area contributed by atoms with E-state index >= 15 is 0 Å². The van der Waals surface area contributed by atoms with Gasteiger partial charge >= 0.3 is 0 Å². The van der Waals surface area contributed by atoms with Gasteiger partial charge < -0.3 is 4.55 Å². The number of quaternary nitrogens is 1. The van der Waals surface area contributed by atoms with Crippen molar-refractivity contribution in [2.45, 2.75) is 11.8 Å². The first-order valence-electron chi connectivity index (χ1n) is 7.42. The summed E-state index contributed by atoms with van der Waals surface area (Å²) in [6, 6.07) is 26.5. The molecular weight excluding hydrogens is 322 g/mol. The van der Waals surface area contributed by atoms with Gasteiger partial charge in [-0.1, -0.05) is 54.1 Å². The van der Waals surface area contributed by atoms with E-state index in [4.69, 9.17) is 0 Å². The molecule has 0 aliphatic carbocycles. The number of aryl methyl sites for hydroxylation is 1. The Morgan fingerprint density at radius 3 is 1.50 bits per heavy atom. The minimum absolute atomic E-state index is 0.178. The van der Waals surface area contributed by atoms with Gasteiger partial charge in [-0.2, -0.15) is 0 Å². The largest absolute Gasteiger partial charge is 0.744 e. The van der Waals surface area contributed by atoms with Crippen molar-refractivity contribution in [1.82, 2.24) is 0 Å². The minimum Gasteiger partial charge on any atom is -0.744 e. The van der Waals surface area contributed by atoms with Crippen LogP contribution in [0.25, 0.3) is 0 Å². The zero-order valence-corrected chi connectivity index (χ0v) is 14.1. The highest BCUT2D eigenvalue weighted by Gasteiger charge is 1.98. The van der Waals surface area contributed by atoms with Crippen molar-refractivity contribution in [1.29, 1.82) is 0 Å². The number of hydrogen-bond acceptors (Lipinski definition) is 3. The van der Waals surface area contributed by atoms with E-state index in [9.17, 15) is 13.0 Å². The molecule has 0 aromatic heterocycles. The van der Waals surface area contributed by atoms with Crippen molar-refractivity contribution < 1.29 is 18.3 Å². The van der Waals surface area contributed by atoms with Crippen LogP contribution in [0.2, 0.25) is 0 Å². The SMILES string of the molecule is Cc1ccc(S(=O)(=O)[O-])cc1.c1ccc([NH2+]c2ccccc2)cc1. The van der Waals surface area contributed by atoms with Crippen molar-refractivity contribution in [2.24, 2.45) is 0 Å². The predicted octanol–water partition coefficient (Wildman–Crippen LogP) is 3.11. The van der Waals surface area contributed by atoms with Gasteiger partial charge in [-0.3, -0.25) is 5.32 Å². The third kappa shape index (κ3) is 5.96. The van der Waals surface area contributed by atoms with E-state index in [-0.39, 0.29) is 4.90 Å². The van der Waals surface area contributed by atoms with Crippen molar-refractivity contribution in [2.75, 3.05) is 0 Å². The first-order valence-corrected chi connectivity index (χ1v) is 8.83. The van der Waals surface area contributed by atoms with Gasteiger partial charge in [-0.05, 0) is 43.3 Å². The third-order valence-electron chi connectivity index (χ3n) is 3.24. The Balaban J connectivity index is 0.000000177. The first-order chi connectivity index (χ1) is 11.4. The molecule has 24 heavy (non-hydrogen) atoms. The Morgan fingerprint density at radius 1 is 0.708 bits per heavy atom. The van der Waals surface area contributed by atoms with Crippen molar-refractivity contribution >= 4 is 21.5 Å². The normalized spacial score (nSPS) is 10.6. The van der Waals surface area contributed by atoms with Crippen LogP contribution < -0.4 is 5.32 Å². The van der Waals surface area contributed by atoms with Gasteiger partial charge in [0.2, 0.25) is 0 Å². The molecule has 3 aromatic carbocycles. The van der Waals surface area contributed by atoms with Crippen LogP contribution in [0.4, 0.5) is 11.4 Å². The van der Waals surface area contributed by atoms with Gasteiger partial charge in [0.15, 0.2) is 0 Å². The molecule has 5 heteroatoms. The van der Waals surface area contributed by atoms with Crippen LogP contribution in [0, 0.1) is 6.92 Å². The molecule has 0 unspecified atom stereocenters. The van der Waals surface area contributed by atoms with Crippen LogP contribution in [0.5, 0.6) is 0 Å². The smallest absolute Gasteiger partial charge is 0.134 e. The van der Waals surface area contributed by atoms with Crippen LogP contribution in [-0.2, 0) is 10.1 Å². The average molecular weight is 341 g/mol. The lowest BCUT2D eigenvalue weighted by Gasteiger charge is -2.05. The summed E-state index contributed by atoms with van der Waals surface area (Å²) in [5, 5.41) is 2.17. The zero-order valence-electron chi connectivity index (χ0n) is 13.3. The summed E-state index contributed by atoms with van der Waals surface area (Å²) in [6.07, 6.45) is 0. The fraction of sp³-hybridized carbons (Fsp3) is 0.0526. The monoisotopic (exact) mass is 341 g/mol. The number of para-hydroxylation sites is 2. The summed E-state index contributed by atoms with van der Waals surface area (Å²) in [6.45, 7) is 1.82. The van der Waals surface area contributed by atoms with E-state index in [2.05, 4.69) is 53.8 Å². The number of benzene rings is 3. The molecule has 0 atom stereocenters. The molecule has 0 saturated carbocycles. The summed E-state index contributed by atoms with van der Waals surface area (Å²) in [4.78, 5) is -0.178. The fourth-order valence-corrected chi connectivity index (χ4v) is 2.47. The number of rotatable bonds is 3. The lowest BCUT2D eigenvalue weighted by Crippen LogP contribution is -2.70. The second-order valence-electron chi connectivity index (χ2n) is 5.23. The molecule has 0 bridgehead atoms. The summed E-state index contributed by atoms with van der Waals surface area (Å²) >= 11 is 0. The molecule has 0 fully saturated rings. The molecule has 0 radical (unpaired) electrons. The lowest BCUT2D eigenvalue weighted by atomic mass is 10.2. The van der Waals surface area contributed by atoms with Crippen LogP contribution in [0.15, 0.2) is 89.8 Å². The van der Waals surface area contributed by atoms with Crippen LogP contribution in [0.3, 0.4) is 0 Å². The van der Waals surface area contributed by atoms with Crippen LogP contribution >= 0.6 is 0 Å². The summed E-state index contributed by atoms with van der Waals surface area (Å²) in [5.41, 5.74) is 3.42. The maximum atomic E-state index is 10.4. The maximum absolute atomic E-state index is 10.4. The predicted molar refractivity (Wildman–Crippen MR) is 93.3 cm³/mol. The van der Waals surface area contributed by atoms with E-state index in [0.29, 0.717) is 0 Å². The third-order valence-corrected chi connectivity index (χ3v) is 4.09. The van der Waals surface area contributed by atoms with Gasteiger partial charge in [0.25, 0.3) is 0 Å². The van der Waals surface area contributed by atoms with E-state index < -0.39 is 10.1 Å². The standard InChI is InChI=1S/C12H11N.C7H8O3S/c1-3-7-11(8-4-1)13-12-9-5-2-6-10-12;1-6-2-4-7(5-3-6)11(8,9)10/h1-10,13H;2-5H,1H3,(H,8,9,10). The van der Waals surface area contributed by atoms with Gasteiger partial charge in [0, 0.05) is 0 Å². The molecule has 0 saturated heterocycles. The Morgan fingerprint density at radius 2 is 1.12 bits per heavy atom. The Labute approximate surface area is 142 Å². The summed E-state index contributed by atoms with van der Waals surface area (Å²) < 4.78 is 31.2. The van der Waals surface area contributed by atoms with Crippen LogP contribution in [0.1, 0.15) is 5.56 Å². The molecule has 0 heterocycles. The molecule has 124 valence electrons. The highest BCUT2D eigenvalue weighted by molar-refractivity contribution is 7.85. The summed E-state index contributed by atoms with van der Waals surface area (Å²) in [5.74, 6) is 0. The molecule has 3 rings (SSSR count). The summed E-state index contributed by atoms with van der Waals surface area (Å²) in [7, 11) is -4.27. The van der Waals surface area contributed by atoms with E-state index in [1.54, 1.807) is 12.1 Å². The second kappa shape index (κ2) is 8.40. The van der Waals surface area contributed by atoms with Gasteiger partial charge in [0.05, 0.1) is 4.90 Å². The molecule has 0 amide bonds. The minimum atomic E-state index is -4.27. The van der Waals surface area contributed by atoms with E-state index in [0.717, 1.165) is 5.56 Å². The molecule has 2 N–H and O–H groups in total. The maximum Gasteiger partial charge on any atom is 0.134 e. The van der Waals surface area contributed by atoms with Crippen molar-refractivity contribution in [3.05, 3.63) is 90.5 Å². The van der Waals surface area contributed by atoms with E-state index in [1.165, 1.54) is 23.5 Å². The number of hydrogen-bond donors (Lipinski definition) is 1. The molecule has 0 aliphatic rings. The average Bonchev–Trinajstić information content (AvgIpc) is 2.57. The Kier molecular flexibility index (Phi) is 6.26. The molecule has 3 aromatic rings. The van der Waals surface area contributed by atoms with Crippen molar-refractivity contribution in [3.63, 3.8) is 0 Å². The van der Waals surface area contributed by atoms with Gasteiger partial charge in [-0.25, -0.2) is 8.42 Å². The number of nitrogens with two attached hydrogens (primary N) is 1. The molecule has 0 aliphatic heterocycles. The van der Waals surface area contributed by atoms with Crippen LogP contribution in [-0.4, -0.2) is 13.0 Å². The highest BCUT2D eigenvalue weighted by Crippen LogP contribution is 2.08. The molecular formula is C19H19NO3S. The van der Waals surface area contributed by atoms with Crippen molar-refractivity contribution in [3.8, 4) is 0 Å². The Bertz CT molecular complexity index is 809. The van der Waals surface area contributed by atoms with Gasteiger partial charge in [0.1, 0.15) is 21.5 Å². The fourth-order valence-electron chi connectivity index (χ4n) is 2.00. The molecule has 4 nitrogen and oxygen atoms in total. The zero-order chi connectivity index (χ0) is 17.4. The highest BCUT2D eigenvalue weighted by atomic mass is 32.2. The lowest BCUT2D eigenvalue weighted by molar-refractivity contribution is -0.478. The molecule has 0 spiro atoms. The second-order valence-corrected chi connectivity index (χ2v) is 6.61. The van der Waals surface area contributed by atoms with Gasteiger partial charge in [-0.15, -0.1) is 0 Å². The quantitative estimate of drug-likeness (QED) is 0.587. The first kappa shape index (κ1) is 17.9. The van der Waals surface area contributed by atoms with E-state index in [1.807, 2.05) is 19.1 Å².